The van der Waals surface area contributed by atoms with Crippen molar-refractivity contribution in [3.05, 3.63) is 24.2 Å². The number of rotatable bonds is 7. The highest BCUT2D eigenvalue weighted by Gasteiger charge is 2.21. The van der Waals surface area contributed by atoms with Crippen molar-refractivity contribution in [1.29, 1.82) is 0 Å². The molecule has 114 valence electrons. The summed E-state index contributed by atoms with van der Waals surface area (Å²) in [6.07, 6.45) is 3.37. The number of amides is 2. The maximum Gasteiger partial charge on any atom is 0.317 e. The van der Waals surface area contributed by atoms with Gasteiger partial charge in [-0.05, 0) is 26.0 Å². The van der Waals surface area contributed by atoms with Crippen LogP contribution in [0.25, 0.3) is 0 Å². The van der Waals surface area contributed by atoms with Crippen molar-refractivity contribution in [3.63, 3.8) is 0 Å². The molecule has 0 aliphatic carbocycles. The molecular weight excluding hydrogens is 280 g/mol. The van der Waals surface area contributed by atoms with Crippen molar-refractivity contribution in [3.8, 4) is 0 Å². The zero-order chi connectivity index (χ0) is 15.2. The normalized spacial score (nSPS) is 12.9. The number of urea groups is 1. The van der Waals surface area contributed by atoms with Gasteiger partial charge in [-0.1, -0.05) is 0 Å². The van der Waals surface area contributed by atoms with Crippen molar-refractivity contribution in [2.24, 2.45) is 0 Å². The highest BCUT2D eigenvalue weighted by Crippen LogP contribution is 2.04. The van der Waals surface area contributed by atoms with E-state index in [0.29, 0.717) is 19.5 Å². The number of hydrogen-bond acceptors (Lipinski definition) is 4. The number of hydrogen-bond donors (Lipinski definition) is 1. The Labute approximate surface area is 120 Å². The van der Waals surface area contributed by atoms with E-state index in [-0.39, 0.29) is 17.8 Å². The van der Waals surface area contributed by atoms with Crippen LogP contribution >= 0.6 is 0 Å². The maximum atomic E-state index is 12.0. The molecule has 1 atom stereocenters. The summed E-state index contributed by atoms with van der Waals surface area (Å²) in [5.74, 6) is 0.768. The van der Waals surface area contributed by atoms with Crippen LogP contribution in [0.1, 0.15) is 19.6 Å². The van der Waals surface area contributed by atoms with Crippen molar-refractivity contribution in [2.45, 2.75) is 26.3 Å². The van der Waals surface area contributed by atoms with Gasteiger partial charge in [-0.3, -0.25) is 0 Å². The Hall–Kier alpha value is -1.50. The molecule has 0 aliphatic rings. The first-order valence-corrected chi connectivity index (χ1v) is 8.64. The quantitative estimate of drug-likeness (QED) is 0.823. The molecule has 0 aliphatic heterocycles. The number of furan rings is 1. The van der Waals surface area contributed by atoms with E-state index in [4.69, 9.17) is 4.42 Å². The third kappa shape index (κ3) is 5.64. The van der Waals surface area contributed by atoms with Crippen LogP contribution in [-0.4, -0.2) is 50.5 Å². The third-order valence-corrected chi connectivity index (χ3v) is 3.99. The van der Waals surface area contributed by atoms with Gasteiger partial charge in [-0.25, -0.2) is 13.2 Å². The number of nitrogens with one attached hydrogen (secondary N) is 1. The average molecular weight is 302 g/mol. The molecule has 0 spiro atoms. The molecule has 0 aromatic carbocycles. The zero-order valence-electron chi connectivity index (χ0n) is 12.1. The average Bonchev–Trinajstić information content (AvgIpc) is 2.80. The summed E-state index contributed by atoms with van der Waals surface area (Å²) in [6.45, 7) is 4.47. The Morgan fingerprint density at radius 2 is 2.20 bits per heavy atom. The van der Waals surface area contributed by atoms with Crippen molar-refractivity contribution in [1.82, 2.24) is 10.2 Å². The molecule has 0 unspecified atom stereocenters. The lowest BCUT2D eigenvalue weighted by Gasteiger charge is -2.27. The number of sulfone groups is 1. The molecule has 0 saturated carbocycles. The summed E-state index contributed by atoms with van der Waals surface area (Å²) in [6, 6.07) is 3.04. The Bertz CT molecular complexity index is 510. The third-order valence-electron chi connectivity index (χ3n) is 2.91. The molecular formula is C13H22N2O4S. The minimum Gasteiger partial charge on any atom is -0.469 e. The van der Waals surface area contributed by atoms with Gasteiger partial charge in [-0.15, -0.1) is 0 Å². The Morgan fingerprint density at radius 3 is 2.70 bits per heavy atom. The second kappa shape index (κ2) is 7.33. The van der Waals surface area contributed by atoms with E-state index < -0.39 is 9.84 Å². The fraction of sp³-hybridized carbons (Fsp3) is 0.615. The second-order valence-corrected chi connectivity index (χ2v) is 6.97. The molecule has 2 amide bonds. The van der Waals surface area contributed by atoms with Gasteiger partial charge in [0, 0.05) is 31.8 Å². The lowest BCUT2D eigenvalue weighted by atomic mass is 10.3. The van der Waals surface area contributed by atoms with Gasteiger partial charge < -0.3 is 14.6 Å². The molecule has 20 heavy (non-hydrogen) atoms. The summed E-state index contributed by atoms with van der Waals surface area (Å²) in [5, 5.41) is 2.77. The highest BCUT2D eigenvalue weighted by molar-refractivity contribution is 7.90. The summed E-state index contributed by atoms with van der Waals surface area (Å²) < 4.78 is 27.7. The number of nitrogens with zero attached hydrogens (tertiary/aromatic N) is 1. The van der Waals surface area contributed by atoms with E-state index in [9.17, 15) is 13.2 Å². The van der Waals surface area contributed by atoms with Gasteiger partial charge in [0.05, 0.1) is 12.0 Å². The number of carbonyl (C=O) groups excluding carboxylic acids is 1. The first kappa shape index (κ1) is 16.6. The van der Waals surface area contributed by atoms with E-state index in [0.717, 1.165) is 5.76 Å². The summed E-state index contributed by atoms with van der Waals surface area (Å²) in [5.41, 5.74) is 0. The van der Waals surface area contributed by atoms with E-state index >= 15 is 0 Å². The highest BCUT2D eigenvalue weighted by atomic mass is 32.2. The predicted octanol–water partition coefficient (Wildman–Crippen LogP) is 1.29. The van der Waals surface area contributed by atoms with Crippen LogP contribution in [0, 0.1) is 0 Å². The van der Waals surface area contributed by atoms with E-state index in [1.807, 2.05) is 13.0 Å². The molecule has 1 N–H and O–H groups in total. The second-order valence-electron chi connectivity index (χ2n) is 4.79. The Balaban J connectivity index is 2.45. The largest absolute Gasteiger partial charge is 0.469 e. The van der Waals surface area contributed by atoms with Crippen LogP contribution in [0.2, 0.25) is 0 Å². The van der Waals surface area contributed by atoms with Crippen molar-refractivity contribution >= 4 is 15.9 Å². The molecule has 1 aromatic heterocycles. The maximum absolute atomic E-state index is 12.0. The van der Waals surface area contributed by atoms with Crippen molar-refractivity contribution < 1.29 is 17.6 Å². The van der Waals surface area contributed by atoms with Crippen LogP contribution in [0.5, 0.6) is 0 Å². The number of carbonyl (C=O) groups is 1. The summed E-state index contributed by atoms with van der Waals surface area (Å²) >= 11 is 0. The van der Waals surface area contributed by atoms with Crippen molar-refractivity contribution in [2.75, 3.05) is 25.1 Å². The van der Waals surface area contributed by atoms with Crippen LogP contribution in [0.4, 0.5) is 4.79 Å². The Morgan fingerprint density at radius 1 is 1.50 bits per heavy atom. The van der Waals surface area contributed by atoms with E-state index in [1.54, 1.807) is 19.3 Å². The molecule has 7 heteroatoms. The molecule has 0 fully saturated rings. The van der Waals surface area contributed by atoms with E-state index in [2.05, 4.69) is 5.32 Å². The molecule has 1 aromatic rings. The topological polar surface area (TPSA) is 79.6 Å². The summed E-state index contributed by atoms with van der Waals surface area (Å²) in [7, 11) is -3.10. The zero-order valence-corrected chi connectivity index (χ0v) is 12.9. The Kier molecular flexibility index (Phi) is 6.06. The standard InChI is InChI=1S/C13H22N2O4S/c1-4-15(11(2)10-20(3,17)18)13(16)14-8-7-12-6-5-9-19-12/h5-6,9,11H,4,7-8,10H2,1-3H3,(H,14,16)/t11-/m1/s1. The molecule has 6 nitrogen and oxygen atoms in total. The van der Waals surface area contributed by atoms with Gasteiger partial charge in [0.25, 0.3) is 0 Å². The fourth-order valence-electron chi connectivity index (χ4n) is 2.03. The summed E-state index contributed by atoms with van der Waals surface area (Å²) in [4.78, 5) is 13.5. The van der Waals surface area contributed by atoms with Crippen LogP contribution in [0.15, 0.2) is 22.8 Å². The lowest BCUT2D eigenvalue weighted by Crippen LogP contribution is -2.47. The molecule has 1 heterocycles. The fourth-order valence-corrected chi connectivity index (χ4v) is 3.09. The van der Waals surface area contributed by atoms with Gasteiger partial charge in [0.15, 0.2) is 0 Å². The molecule has 1 rings (SSSR count). The predicted molar refractivity (Wildman–Crippen MR) is 77.4 cm³/mol. The minimum absolute atomic E-state index is 0.0353. The first-order valence-electron chi connectivity index (χ1n) is 6.58. The lowest BCUT2D eigenvalue weighted by molar-refractivity contribution is 0.187. The molecule has 0 bridgehead atoms. The van der Waals surface area contributed by atoms with Gasteiger partial charge in [0.2, 0.25) is 0 Å². The van der Waals surface area contributed by atoms with E-state index in [1.165, 1.54) is 11.2 Å². The molecule has 0 radical (unpaired) electrons. The first-order chi connectivity index (χ1) is 9.33. The monoisotopic (exact) mass is 302 g/mol. The molecule has 0 saturated heterocycles. The minimum atomic E-state index is -3.10. The van der Waals surface area contributed by atoms with Gasteiger partial charge in [-0.2, -0.15) is 0 Å². The SMILES string of the molecule is CCN(C(=O)NCCc1ccco1)[C@H](C)CS(C)(=O)=O. The van der Waals surface area contributed by atoms with Crippen LogP contribution in [-0.2, 0) is 16.3 Å². The van der Waals surface area contributed by atoms with Gasteiger partial charge >= 0.3 is 6.03 Å². The smallest absolute Gasteiger partial charge is 0.317 e. The van der Waals surface area contributed by atoms with Crippen LogP contribution in [0.3, 0.4) is 0 Å². The van der Waals surface area contributed by atoms with Crippen LogP contribution < -0.4 is 5.32 Å². The van der Waals surface area contributed by atoms with Gasteiger partial charge in [0.1, 0.15) is 15.6 Å².